The molecule has 0 aliphatic rings. The van der Waals surface area contributed by atoms with Gasteiger partial charge in [0, 0.05) is 16.3 Å². The van der Waals surface area contributed by atoms with Crippen LogP contribution in [0.4, 0.5) is 5.82 Å². The number of pyridine rings is 1. The Kier molecular flexibility index (Phi) is 4.82. The van der Waals surface area contributed by atoms with Crippen LogP contribution in [-0.4, -0.2) is 4.98 Å². The number of nitriles is 1. The minimum absolute atomic E-state index is 0.308. The molecule has 0 spiro atoms. The molecule has 0 saturated carbocycles. The van der Waals surface area contributed by atoms with Crippen molar-refractivity contribution in [2.24, 2.45) is 0 Å². The summed E-state index contributed by atoms with van der Waals surface area (Å²) in [6, 6.07) is 9.70. The van der Waals surface area contributed by atoms with Gasteiger partial charge >= 0.3 is 0 Å². The van der Waals surface area contributed by atoms with Crippen LogP contribution in [0.2, 0.25) is 5.02 Å². The van der Waals surface area contributed by atoms with Crippen molar-refractivity contribution in [3.8, 4) is 17.2 Å². The summed E-state index contributed by atoms with van der Waals surface area (Å²) in [5.41, 5.74) is 10.4. The largest absolute Gasteiger partial charge is 0.383 e. The molecule has 1 aromatic carbocycles. The number of aryl methyl sites for hydroxylation is 1. The monoisotopic (exact) mass is 299 g/mol. The average molecular weight is 300 g/mol. The van der Waals surface area contributed by atoms with Gasteiger partial charge in [-0.15, -0.1) is 0 Å². The zero-order valence-electron chi connectivity index (χ0n) is 12.3. The molecule has 2 N–H and O–H groups in total. The van der Waals surface area contributed by atoms with Crippen LogP contribution < -0.4 is 5.73 Å². The molecule has 0 aliphatic carbocycles. The molecule has 2 rings (SSSR count). The number of hydrogen-bond acceptors (Lipinski definition) is 3. The topological polar surface area (TPSA) is 62.7 Å². The number of hydrogen-bond donors (Lipinski definition) is 1. The third-order valence-electron chi connectivity index (χ3n) is 3.50. The fraction of sp³-hybridized carbons (Fsp3) is 0.294. The molecule has 0 amide bonds. The minimum atomic E-state index is 0.308. The van der Waals surface area contributed by atoms with Crippen molar-refractivity contribution in [1.29, 1.82) is 5.26 Å². The molecule has 1 heterocycles. The number of nitrogens with zero attached hydrogens (tertiary/aromatic N) is 2. The Morgan fingerprint density at radius 2 is 1.90 bits per heavy atom. The zero-order chi connectivity index (χ0) is 15.4. The van der Waals surface area contributed by atoms with Crippen molar-refractivity contribution in [3.05, 3.63) is 46.1 Å². The summed E-state index contributed by atoms with van der Waals surface area (Å²) < 4.78 is 0. The summed E-state index contributed by atoms with van der Waals surface area (Å²) in [6.07, 6.45) is 2.67. The van der Waals surface area contributed by atoms with Gasteiger partial charge in [-0.25, -0.2) is 4.98 Å². The summed E-state index contributed by atoms with van der Waals surface area (Å²) in [5, 5.41) is 10.1. The van der Waals surface area contributed by atoms with Crippen LogP contribution in [0.25, 0.3) is 11.1 Å². The van der Waals surface area contributed by atoms with Crippen LogP contribution >= 0.6 is 11.6 Å². The first-order valence-electron chi connectivity index (χ1n) is 7.09. The van der Waals surface area contributed by atoms with E-state index in [0.29, 0.717) is 16.4 Å². The van der Waals surface area contributed by atoms with Gasteiger partial charge in [0.15, 0.2) is 0 Å². The van der Waals surface area contributed by atoms with Crippen molar-refractivity contribution >= 4 is 17.4 Å². The van der Waals surface area contributed by atoms with Gasteiger partial charge in [-0.05, 0) is 36.1 Å². The summed E-state index contributed by atoms with van der Waals surface area (Å²) >= 11 is 5.96. The first-order valence-corrected chi connectivity index (χ1v) is 7.47. The van der Waals surface area contributed by atoms with Crippen LogP contribution in [0.5, 0.6) is 0 Å². The van der Waals surface area contributed by atoms with E-state index < -0.39 is 0 Å². The van der Waals surface area contributed by atoms with Gasteiger partial charge in [0.1, 0.15) is 17.5 Å². The fourth-order valence-corrected chi connectivity index (χ4v) is 2.69. The molecule has 3 nitrogen and oxygen atoms in total. The first-order chi connectivity index (χ1) is 10.1. The van der Waals surface area contributed by atoms with Crippen molar-refractivity contribution in [1.82, 2.24) is 4.98 Å². The molecule has 0 aliphatic heterocycles. The van der Waals surface area contributed by atoms with Gasteiger partial charge in [-0.3, -0.25) is 0 Å². The number of aromatic nitrogens is 1. The molecule has 108 valence electrons. The average Bonchev–Trinajstić information content (AvgIpc) is 2.48. The Labute approximate surface area is 130 Å². The van der Waals surface area contributed by atoms with E-state index in [-0.39, 0.29) is 0 Å². The highest BCUT2D eigenvalue weighted by molar-refractivity contribution is 6.30. The highest BCUT2D eigenvalue weighted by Crippen LogP contribution is 2.33. The van der Waals surface area contributed by atoms with Gasteiger partial charge in [-0.2, -0.15) is 5.26 Å². The number of rotatable bonds is 4. The predicted molar refractivity (Wildman–Crippen MR) is 87.2 cm³/mol. The second-order valence-electron chi connectivity index (χ2n) is 4.89. The summed E-state index contributed by atoms with van der Waals surface area (Å²) in [4.78, 5) is 4.44. The van der Waals surface area contributed by atoms with E-state index in [9.17, 15) is 5.26 Å². The van der Waals surface area contributed by atoms with Crippen LogP contribution in [0.3, 0.4) is 0 Å². The normalized spacial score (nSPS) is 10.4. The molecule has 0 unspecified atom stereocenters. The van der Waals surface area contributed by atoms with Gasteiger partial charge in [0.05, 0.1) is 0 Å². The number of nitrogen functional groups attached to an aromatic ring is 1. The zero-order valence-corrected chi connectivity index (χ0v) is 13.0. The summed E-state index contributed by atoms with van der Waals surface area (Å²) in [7, 11) is 0. The first kappa shape index (κ1) is 15.3. The van der Waals surface area contributed by atoms with Crippen molar-refractivity contribution < 1.29 is 0 Å². The smallest absolute Gasteiger partial charge is 0.142 e. The molecule has 2 aromatic rings. The Morgan fingerprint density at radius 3 is 2.43 bits per heavy atom. The third kappa shape index (κ3) is 3.01. The lowest BCUT2D eigenvalue weighted by Gasteiger charge is -2.16. The van der Waals surface area contributed by atoms with Crippen LogP contribution in [0.15, 0.2) is 24.3 Å². The van der Waals surface area contributed by atoms with Crippen LogP contribution in [-0.2, 0) is 12.8 Å². The van der Waals surface area contributed by atoms with Gasteiger partial charge in [0.25, 0.3) is 0 Å². The molecule has 0 radical (unpaired) electrons. The van der Waals surface area contributed by atoms with E-state index in [1.165, 1.54) is 0 Å². The molecular formula is C17H18ClN3. The molecule has 0 fully saturated rings. The van der Waals surface area contributed by atoms with Gasteiger partial charge in [0.2, 0.25) is 0 Å². The number of benzene rings is 1. The Morgan fingerprint density at radius 1 is 1.24 bits per heavy atom. The maximum atomic E-state index is 9.46. The molecule has 0 saturated heterocycles. The molecule has 1 aromatic heterocycles. The lowest BCUT2D eigenvalue weighted by molar-refractivity contribution is 0.860. The van der Waals surface area contributed by atoms with Crippen molar-refractivity contribution in [3.63, 3.8) is 0 Å². The van der Waals surface area contributed by atoms with E-state index in [0.717, 1.165) is 41.6 Å². The lowest BCUT2D eigenvalue weighted by Crippen LogP contribution is -2.07. The predicted octanol–water partition coefficient (Wildman–Crippen LogP) is 4.37. The quantitative estimate of drug-likeness (QED) is 0.911. The van der Waals surface area contributed by atoms with Crippen molar-refractivity contribution in [2.75, 3.05) is 5.73 Å². The van der Waals surface area contributed by atoms with E-state index in [2.05, 4.69) is 24.9 Å². The van der Waals surface area contributed by atoms with E-state index in [1.54, 1.807) is 0 Å². The summed E-state index contributed by atoms with van der Waals surface area (Å²) in [5.74, 6) is 0.308. The van der Waals surface area contributed by atoms with Crippen LogP contribution in [0, 0.1) is 11.3 Å². The second kappa shape index (κ2) is 6.60. The standard InChI is InChI=1S/C17H18ClN3/c1-3-5-15-13(4-2)16(14(10-19)17(20)21-15)11-6-8-12(18)9-7-11/h6-9H,3-5H2,1-2H3,(H2,20,21). The Balaban J connectivity index is 2.77. The fourth-order valence-electron chi connectivity index (χ4n) is 2.56. The highest BCUT2D eigenvalue weighted by Gasteiger charge is 2.18. The third-order valence-corrected chi connectivity index (χ3v) is 3.75. The van der Waals surface area contributed by atoms with E-state index in [4.69, 9.17) is 17.3 Å². The van der Waals surface area contributed by atoms with Gasteiger partial charge in [-0.1, -0.05) is 44.0 Å². The van der Waals surface area contributed by atoms with Crippen molar-refractivity contribution in [2.45, 2.75) is 33.1 Å². The Bertz CT molecular complexity index is 685. The molecular weight excluding hydrogens is 282 g/mol. The number of halogens is 1. The molecule has 0 atom stereocenters. The number of anilines is 1. The molecule has 0 bridgehead atoms. The lowest BCUT2D eigenvalue weighted by atomic mass is 9.91. The maximum Gasteiger partial charge on any atom is 0.142 e. The molecule has 4 heteroatoms. The van der Waals surface area contributed by atoms with Crippen LogP contribution in [0.1, 0.15) is 37.1 Å². The second-order valence-corrected chi connectivity index (χ2v) is 5.33. The van der Waals surface area contributed by atoms with E-state index >= 15 is 0 Å². The Hall–Kier alpha value is -2.05. The molecule has 21 heavy (non-hydrogen) atoms. The maximum absolute atomic E-state index is 9.46. The highest BCUT2D eigenvalue weighted by atomic mass is 35.5. The number of nitrogens with two attached hydrogens (primary N) is 1. The van der Waals surface area contributed by atoms with Gasteiger partial charge < -0.3 is 5.73 Å². The minimum Gasteiger partial charge on any atom is -0.383 e. The summed E-state index contributed by atoms with van der Waals surface area (Å²) in [6.45, 7) is 4.18. The van der Waals surface area contributed by atoms with E-state index in [1.807, 2.05) is 24.3 Å². The SMILES string of the molecule is CCCc1nc(N)c(C#N)c(-c2ccc(Cl)cc2)c1CC.